The van der Waals surface area contributed by atoms with E-state index in [0.29, 0.717) is 29.2 Å². The number of carbonyl (C=O) groups is 2. The predicted molar refractivity (Wildman–Crippen MR) is 221 cm³/mol. The van der Waals surface area contributed by atoms with Gasteiger partial charge in [-0.25, -0.2) is 19.7 Å². The molecule has 0 bridgehead atoms. The number of anilines is 3. The maximum atomic E-state index is 13.1. The van der Waals surface area contributed by atoms with Crippen molar-refractivity contribution < 1.29 is 14.0 Å². The van der Waals surface area contributed by atoms with Crippen LogP contribution in [0.4, 0.5) is 17.1 Å². The molecule has 0 aliphatic carbocycles. The fraction of sp³-hybridized carbons (Fsp3) is 0.209. The van der Waals surface area contributed by atoms with Crippen LogP contribution in [0, 0.1) is 0 Å². The number of nitrogens with one attached hydrogen (secondary N) is 2. The molecule has 3 heterocycles. The topological polar surface area (TPSA) is 137 Å². The summed E-state index contributed by atoms with van der Waals surface area (Å²) in [5.41, 5.74) is 4.36. The quantitative estimate of drug-likeness (QED) is 0.146. The van der Waals surface area contributed by atoms with Gasteiger partial charge < -0.3 is 29.8 Å². The Hall–Kier alpha value is -6.66. The minimum Gasteiger partial charge on any atom is -0.402 e. The molecule has 0 atom stereocenters. The molecule has 280 valence electrons. The maximum Gasteiger partial charge on any atom is 0.365 e. The Kier molecular flexibility index (Phi) is 11.8. The lowest BCUT2D eigenvalue weighted by atomic mass is 10.0. The summed E-state index contributed by atoms with van der Waals surface area (Å²) < 4.78 is 5.44. The van der Waals surface area contributed by atoms with Crippen molar-refractivity contribution in [3.8, 4) is 11.5 Å². The second kappa shape index (κ2) is 17.0. The van der Waals surface area contributed by atoms with E-state index in [-0.39, 0.29) is 23.0 Å². The van der Waals surface area contributed by atoms with E-state index in [4.69, 9.17) is 4.42 Å². The third-order valence-corrected chi connectivity index (χ3v) is 8.97. The molecule has 0 unspecified atom stereocenters. The molecule has 0 radical (unpaired) electrons. The minimum absolute atomic E-state index is 0.204. The van der Waals surface area contributed by atoms with Gasteiger partial charge in [-0.3, -0.25) is 9.59 Å². The molecular weight excluding hydrogens is 693 g/mol. The van der Waals surface area contributed by atoms with Crippen LogP contribution in [0.3, 0.4) is 0 Å². The molecule has 0 saturated heterocycles. The Morgan fingerprint density at radius 1 is 0.673 bits per heavy atom. The number of rotatable bonds is 10. The predicted octanol–water partition coefficient (Wildman–Crippen LogP) is 6.70. The molecule has 12 heteroatoms. The van der Waals surface area contributed by atoms with Crippen molar-refractivity contribution in [1.29, 1.82) is 0 Å². The molecule has 7 aromatic rings. The Balaban J connectivity index is 0.000000193. The van der Waals surface area contributed by atoms with Gasteiger partial charge in [-0.2, -0.15) is 0 Å². The van der Waals surface area contributed by atoms with E-state index < -0.39 is 5.63 Å². The summed E-state index contributed by atoms with van der Waals surface area (Å²) in [7, 11) is 11.9. The summed E-state index contributed by atoms with van der Waals surface area (Å²) in [6.07, 6.45) is 3.94. The van der Waals surface area contributed by atoms with Crippen LogP contribution in [-0.2, 0) is 0 Å². The summed E-state index contributed by atoms with van der Waals surface area (Å²) in [6, 6.07) is 30.4. The summed E-state index contributed by atoms with van der Waals surface area (Å²) >= 11 is 0. The van der Waals surface area contributed by atoms with Gasteiger partial charge in [0, 0.05) is 80.4 Å². The highest BCUT2D eigenvalue weighted by atomic mass is 16.4. The first-order valence-electron chi connectivity index (χ1n) is 17.9. The fourth-order valence-corrected chi connectivity index (χ4v) is 6.32. The van der Waals surface area contributed by atoms with E-state index in [0.717, 1.165) is 51.4 Å². The zero-order valence-electron chi connectivity index (χ0n) is 31.8. The molecular formula is C43H44N8O4. The summed E-state index contributed by atoms with van der Waals surface area (Å²) in [5.74, 6) is -0.277. The van der Waals surface area contributed by atoms with Gasteiger partial charge in [0.05, 0.1) is 5.69 Å². The Bertz CT molecular complexity index is 2550. The lowest BCUT2D eigenvalue weighted by Gasteiger charge is -2.17. The highest BCUT2D eigenvalue weighted by molar-refractivity contribution is 6.16. The molecule has 0 fully saturated rings. The molecule has 0 aliphatic heterocycles. The van der Waals surface area contributed by atoms with Crippen molar-refractivity contribution in [3.63, 3.8) is 0 Å². The standard InChI is InChI=1S/C24H29N5O2.C19H15N3O2/c1-28(2)16-8-15-26-24(31)22-20(11-7-14-25-22)27-23(30)19-12-13-21(29(3)4)18-10-6-5-9-17(18)19;1-22(2)16-10-9-14(12-6-3-4-7-13(12)16)18-21-15-8-5-11-20-17(15)19(23)24-18/h5-7,9-14H,8,15-16H2,1-4H3,(H,26,31)(H,27,30);3-11H,1-2H3. The average molecular weight is 737 g/mol. The number of pyridine rings is 2. The van der Waals surface area contributed by atoms with Gasteiger partial charge in [-0.1, -0.05) is 48.5 Å². The van der Waals surface area contributed by atoms with Crippen molar-refractivity contribution in [2.45, 2.75) is 6.42 Å². The van der Waals surface area contributed by atoms with E-state index in [9.17, 15) is 14.4 Å². The maximum absolute atomic E-state index is 13.1. The monoisotopic (exact) mass is 736 g/mol. The lowest BCUT2D eigenvalue weighted by Crippen LogP contribution is -2.29. The number of hydrogen-bond acceptors (Lipinski definition) is 10. The van der Waals surface area contributed by atoms with Crippen molar-refractivity contribution in [3.05, 3.63) is 131 Å². The molecule has 55 heavy (non-hydrogen) atoms. The summed E-state index contributed by atoms with van der Waals surface area (Å²) in [6.45, 7) is 1.42. The molecule has 3 aromatic heterocycles. The van der Waals surface area contributed by atoms with E-state index in [1.54, 1.807) is 36.7 Å². The third-order valence-electron chi connectivity index (χ3n) is 8.97. The van der Waals surface area contributed by atoms with E-state index in [1.165, 1.54) is 0 Å². The fourth-order valence-electron chi connectivity index (χ4n) is 6.32. The Labute approximate surface area is 319 Å². The van der Waals surface area contributed by atoms with Crippen LogP contribution in [0.2, 0.25) is 0 Å². The second-order valence-electron chi connectivity index (χ2n) is 13.6. The van der Waals surface area contributed by atoms with Crippen LogP contribution in [0.15, 0.2) is 119 Å². The lowest BCUT2D eigenvalue weighted by molar-refractivity contribution is 0.0948. The van der Waals surface area contributed by atoms with Crippen LogP contribution in [0.25, 0.3) is 44.0 Å². The number of benzene rings is 4. The number of amides is 2. The minimum atomic E-state index is -0.476. The number of carbonyl (C=O) groups excluding carboxylic acids is 2. The van der Waals surface area contributed by atoms with Gasteiger partial charge in [0.15, 0.2) is 11.2 Å². The largest absolute Gasteiger partial charge is 0.402 e. The first-order valence-corrected chi connectivity index (χ1v) is 17.9. The summed E-state index contributed by atoms with van der Waals surface area (Å²) in [5, 5.41) is 9.66. The van der Waals surface area contributed by atoms with Gasteiger partial charge in [-0.15, -0.1) is 0 Å². The highest BCUT2D eigenvalue weighted by Crippen LogP contribution is 2.34. The first-order chi connectivity index (χ1) is 26.5. The van der Waals surface area contributed by atoms with E-state index in [2.05, 4.69) is 41.5 Å². The molecule has 2 N–H and O–H groups in total. The van der Waals surface area contributed by atoms with Crippen LogP contribution < -0.4 is 26.1 Å². The van der Waals surface area contributed by atoms with E-state index >= 15 is 0 Å². The van der Waals surface area contributed by atoms with Gasteiger partial charge in [0.2, 0.25) is 5.89 Å². The number of aromatic nitrogens is 3. The van der Waals surface area contributed by atoms with Gasteiger partial charge in [0.1, 0.15) is 5.52 Å². The molecule has 12 nitrogen and oxygen atoms in total. The van der Waals surface area contributed by atoms with Crippen LogP contribution in [0.1, 0.15) is 27.3 Å². The summed E-state index contributed by atoms with van der Waals surface area (Å²) in [4.78, 5) is 56.8. The zero-order chi connectivity index (χ0) is 39.1. The number of nitrogens with zero attached hydrogens (tertiary/aromatic N) is 6. The zero-order valence-corrected chi connectivity index (χ0v) is 31.8. The Morgan fingerprint density at radius 2 is 1.29 bits per heavy atom. The average Bonchev–Trinajstić information content (AvgIpc) is 3.18. The third kappa shape index (κ3) is 8.61. The molecule has 0 spiro atoms. The van der Waals surface area contributed by atoms with Crippen LogP contribution in [0.5, 0.6) is 0 Å². The second-order valence-corrected chi connectivity index (χ2v) is 13.6. The molecule has 0 saturated carbocycles. The van der Waals surface area contributed by atoms with Gasteiger partial charge in [-0.05, 0) is 86.4 Å². The molecule has 4 aromatic carbocycles. The Morgan fingerprint density at radius 3 is 1.98 bits per heavy atom. The first kappa shape index (κ1) is 38.1. The number of fused-ring (bicyclic) bond motifs is 3. The normalized spacial score (nSPS) is 11.0. The number of hydrogen-bond donors (Lipinski definition) is 2. The molecule has 0 aliphatic rings. The van der Waals surface area contributed by atoms with Gasteiger partial charge in [0.25, 0.3) is 11.8 Å². The van der Waals surface area contributed by atoms with Crippen molar-refractivity contribution in [1.82, 2.24) is 25.2 Å². The van der Waals surface area contributed by atoms with Crippen LogP contribution >= 0.6 is 0 Å². The van der Waals surface area contributed by atoms with Crippen molar-refractivity contribution >= 4 is 61.5 Å². The van der Waals surface area contributed by atoms with Crippen molar-refractivity contribution in [2.75, 3.05) is 70.5 Å². The highest BCUT2D eigenvalue weighted by Gasteiger charge is 2.18. The SMILES string of the molecule is CN(C)CCCNC(=O)c1ncccc1NC(=O)c1ccc(N(C)C)c2ccccc12.CN(C)c1ccc(-c2nc3cccnc3c(=O)o2)c2ccccc12. The smallest absolute Gasteiger partial charge is 0.365 e. The molecule has 2 amide bonds. The van der Waals surface area contributed by atoms with Crippen LogP contribution in [-0.4, -0.2) is 87.0 Å². The van der Waals surface area contributed by atoms with E-state index in [1.807, 2.05) is 114 Å². The molecule has 7 rings (SSSR count). The van der Waals surface area contributed by atoms with Crippen molar-refractivity contribution in [2.24, 2.45) is 0 Å². The van der Waals surface area contributed by atoms with Gasteiger partial charge >= 0.3 is 5.63 Å².